The van der Waals surface area contributed by atoms with Crippen LogP contribution in [0.5, 0.6) is 0 Å². The molecule has 2 aromatic rings. The van der Waals surface area contributed by atoms with Crippen LogP contribution in [0, 0.1) is 5.92 Å². The minimum atomic E-state index is -0.184. The average molecular weight is 447 g/mol. The summed E-state index contributed by atoms with van der Waals surface area (Å²) >= 11 is 3.18. The molecule has 0 aliphatic carbocycles. The number of carbonyl (C=O) groups excluding carboxylic acids is 3. The van der Waals surface area contributed by atoms with Gasteiger partial charge >= 0.3 is 0 Å². The van der Waals surface area contributed by atoms with Gasteiger partial charge in [0.05, 0.1) is 18.5 Å². The van der Waals surface area contributed by atoms with Gasteiger partial charge in [-0.2, -0.15) is 11.8 Å². The average Bonchev–Trinajstić information content (AvgIpc) is 3.16. The molecule has 0 saturated carbocycles. The first kappa shape index (κ1) is 22.3. The first-order valence-electron chi connectivity index (χ1n) is 9.90. The standard InChI is InChI=1S/C21H26N4O3S2/c1-14(2)20(28)24-21-23-17(13-30-21)12-18(26)22-16-5-3-15(4-6-16)11-19(27)25-7-9-29-10-8-25/h3-6,13-14H,7-12H2,1-2H3,(H,22,26)(H,23,24,28). The molecular weight excluding hydrogens is 420 g/mol. The Morgan fingerprint density at radius 1 is 1.07 bits per heavy atom. The summed E-state index contributed by atoms with van der Waals surface area (Å²) in [7, 11) is 0. The molecule has 0 unspecified atom stereocenters. The van der Waals surface area contributed by atoms with Crippen LogP contribution in [0.2, 0.25) is 0 Å². The van der Waals surface area contributed by atoms with E-state index in [2.05, 4.69) is 15.6 Å². The first-order valence-corrected chi connectivity index (χ1v) is 11.9. The Kier molecular flexibility index (Phi) is 7.87. The Labute approximate surface area is 184 Å². The lowest BCUT2D eigenvalue weighted by molar-refractivity contribution is -0.130. The number of anilines is 2. The van der Waals surface area contributed by atoms with Crippen molar-refractivity contribution in [3.05, 3.63) is 40.9 Å². The molecule has 1 aromatic heterocycles. The van der Waals surface area contributed by atoms with E-state index < -0.39 is 0 Å². The molecule has 0 radical (unpaired) electrons. The normalized spacial score (nSPS) is 13.9. The Morgan fingerprint density at radius 3 is 2.43 bits per heavy atom. The second-order valence-corrected chi connectivity index (χ2v) is 9.46. The minimum absolute atomic E-state index is 0.0990. The van der Waals surface area contributed by atoms with Crippen LogP contribution >= 0.6 is 23.1 Å². The van der Waals surface area contributed by atoms with Crippen molar-refractivity contribution >= 4 is 51.6 Å². The largest absolute Gasteiger partial charge is 0.341 e. The van der Waals surface area contributed by atoms with Gasteiger partial charge in [0.2, 0.25) is 17.7 Å². The molecule has 9 heteroatoms. The van der Waals surface area contributed by atoms with E-state index in [0.29, 0.717) is 22.9 Å². The third-order valence-corrected chi connectivity index (χ3v) is 6.35. The number of nitrogens with one attached hydrogen (secondary N) is 2. The van der Waals surface area contributed by atoms with E-state index in [4.69, 9.17) is 0 Å². The van der Waals surface area contributed by atoms with E-state index in [1.807, 2.05) is 54.8 Å². The molecule has 1 aliphatic rings. The maximum Gasteiger partial charge on any atom is 0.230 e. The van der Waals surface area contributed by atoms with Crippen LogP contribution < -0.4 is 10.6 Å². The highest BCUT2D eigenvalue weighted by Crippen LogP contribution is 2.18. The highest BCUT2D eigenvalue weighted by atomic mass is 32.2. The summed E-state index contributed by atoms with van der Waals surface area (Å²) < 4.78 is 0. The lowest BCUT2D eigenvalue weighted by Crippen LogP contribution is -2.38. The summed E-state index contributed by atoms with van der Waals surface area (Å²) in [5, 5.41) is 7.84. The zero-order chi connectivity index (χ0) is 21.5. The van der Waals surface area contributed by atoms with Crippen molar-refractivity contribution in [2.24, 2.45) is 5.92 Å². The molecule has 0 spiro atoms. The van der Waals surface area contributed by atoms with Gasteiger partial charge in [-0.05, 0) is 17.7 Å². The molecule has 160 valence electrons. The molecule has 7 nitrogen and oxygen atoms in total. The maximum absolute atomic E-state index is 12.4. The summed E-state index contributed by atoms with van der Waals surface area (Å²) in [5.41, 5.74) is 2.22. The van der Waals surface area contributed by atoms with Gasteiger partial charge in [-0.3, -0.25) is 14.4 Å². The molecule has 1 aromatic carbocycles. The second-order valence-electron chi connectivity index (χ2n) is 7.38. The number of hydrogen-bond donors (Lipinski definition) is 2. The van der Waals surface area contributed by atoms with Crippen LogP contribution in [0.4, 0.5) is 10.8 Å². The second kappa shape index (κ2) is 10.6. The summed E-state index contributed by atoms with van der Waals surface area (Å²) in [5.74, 6) is 1.74. The smallest absolute Gasteiger partial charge is 0.230 e. The van der Waals surface area contributed by atoms with E-state index in [1.54, 1.807) is 5.38 Å². The van der Waals surface area contributed by atoms with E-state index >= 15 is 0 Å². The molecule has 1 aliphatic heterocycles. The lowest BCUT2D eigenvalue weighted by atomic mass is 10.1. The number of thioether (sulfide) groups is 1. The van der Waals surface area contributed by atoms with Gasteiger partial charge in [-0.1, -0.05) is 26.0 Å². The number of nitrogens with zero attached hydrogens (tertiary/aromatic N) is 2. The van der Waals surface area contributed by atoms with Gasteiger partial charge in [0.1, 0.15) is 0 Å². The maximum atomic E-state index is 12.4. The van der Waals surface area contributed by atoms with E-state index in [1.165, 1.54) is 11.3 Å². The van der Waals surface area contributed by atoms with Crippen LogP contribution in [-0.2, 0) is 27.2 Å². The zero-order valence-electron chi connectivity index (χ0n) is 17.1. The minimum Gasteiger partial charge on any atom is -0.341 e. The van der Waals surface area contributed by atoms with Crippen molar-refractivity contribution in [2.75, 3.05) is 35.2 Å². The zero-order valence-corrected chi connectivity index (χ0v) is 18.8. The van der Waals surface area contributed by atoms with E-state index in [0.717, 1.165) is 30.2 Å². The monoisotopic (exact) mass is 446 g/mol. The Morgan fingerprint density at radius 2 is 1.77 bits per heavy atom. The molecule has 3 amide bonds. The Bertz CT molecular complexity index is 890. The molecular formula is C21H26N4O3S2. The third kappa shape index (κ3) is 6.56. The molecule has 2 heterocycles. The SMILES string of the molecule is CC(C)C(=O)Nc1nc(CC(=O)Nc2ccc(CC(=O)N3CCSCC3)cc2)cs1. The molecule has 30 heavy (non-hydrogen) atoms. The van der Waals surface area contributed by atoms with E-state index in [9.17, 15) is 14.4 Å². The number of hydrogen-bond acceptors (Lipinski definition) is 6. The Hall–Kier alpha value is -2.39. The molecule has 0 atom stereocenters. The summed E-state index contributed by atoms with van der Waals surface area (Å²) in [4.78, 5) is 42.6. The topological polar surface area (TPSA) is 91.4 Å². The number of carbonyl (C=O) groups is 3. The fourth-order valence-electron chi connectivity index (χ4n) is 2.87. The van der Waals surface area contributed by atoms with Gasteiger partial charge in [0, 0.05) is 41.6 Å². The molecule has 1 saturated heterocycles. The van der Waals surface area contributed by atoms with Crippen LogP contribution in [0.15, 0.2) is 29.6 Å². The van der Waals surface area contributed by atoms with Gasteiger partial charge < -0.3 is 15.5 Å². The van der Waals surface area contributed by atoms with Crippen molar-refractivity contribution in [3.8, 4) is 0 Å². The third-order valence-electron chi connectivity index (χ3n) is 4.60. The highest BCUT2D eigenvalue weighted by Gasteiger charge is 2.17. The lowest BCUT2D eigenvalue weighted by Gasteiger charge is -2.26. The van der Waals surface area contributed by atoms with Crippen molar-refractivity contribution in [2.45, 2.75) is 26.7 Å². The van der Waals surface area contributed by atoms with Crippen LogP contribution in [0.3, 0.4) is 0 Å². The fourth-order valence-corrected chi connectivity index (χ4v) is 4.49. The van der Waals surface area contributed by atoms with Crippen LogP contribution in [0.1, 0.15) is 25.1 Å². The number of amides is 3. The van der Waals surface area contributed by atoms with Crippen LogP contribution in [0.25, 0.3) is 0 Å². The number of benzene rings is 1. The molecule has 1 fully saturated rings. The highest BCUT2D eigenvalue weighted by molar-refractivity contribution is 7.99. The Balaban J connectivity index is 1.48. The van der Waals surface area contributed by atoms with Crippen molar-refractivity contribution in [3.63, 3.8) is 0 Å². The van der Waals surface area contributed by atoms with E-state index in [-0.39, 0.29) is 30.1 Å². The summed E-state index contributed by atoms with van der Waals surface area (Å²) in [6.45, 7) is 5.25. The van der Waals surface area contributed by atoms with Gasteiger partial charge in [-0.15, -0.1) is 11.3 Å². The number of rotatable bonds is 7. The summed E-state index contributed by atoms with van der Waals surface area (Å²) in [6, 6.07) is 7.35. The van der Waals surface area contributed by atoms with Gasteiger partial charge in [0.25, 0.3) is 0 Å². The first-order chi connectivity index (χ1) is 14.4. The quantitative estimate of drug-likeness (QED) is 0.682. The van der Waals surface area contributed by atoms with Crippen LogP contribution in [-0.4, -0.2) is 52.2 Å². The fraction of sp³-hybridized carbons (Fsp3) is 0.429. The van der Waals surface area contributed by atoms with Gasteiger partial charge in [0.15, 0.2) is 5.13 Å². The predicted octanol–water partition coefficient (Wildman–Crippen LogP) is 3.04. The van der Waals surface area contributed by atoms with Crippen molar-refractivity contribution in [1.29, 1.82) is 0 Å². The van der Waals surface area contributed by atoms with Crippen molar-refractivity contribution in [1.82, 2.24) is 9.88 Å². The molecule has 3 rings (SSSR count). The number of aromatic nitrogens is 1. The molecule has 0 bridgehead atoms. The summed E-state index contributed by atoms with van der Waals surface area (Å²) in [6.07, 6.45) is 0.504. The van der Waals surface area contributed by atoms with Crippen molar-refractivity contribution < 1.29 is 14.4 Å². The van der Waals surface area contributed by atoms with Gasteiger partial charge in [-0.25, -0.2) is 4.98 Å². The predicted molar refractivity (Wildman–Crippen MR) is 122 cm³/mol. The number of thiazole rings is 1. The molecule has 2 N–H and O–H groups in total.